The molecule has 222 valence electrons. The van der Waals surface area contributed by atoms with Gasteiger partial charge in [-0.05, 0) is 18.6 Å². The summed E-state index contributed by atoms with van der Waals surface area (Å²) in [6.45, 7) is 2.58. The highest BCUT2D eigenvalue weighted by Crippen LogP contribution is 2.42. The van der Waals surface area contributed by atoms with E-state index in [-0.39, 0.29) is 17.4 Å². The van der Waals surface area contributed by atoms with Crippen LogP contribution in [0.3, 0.4) is 0 Å². The van der Waals surface area contributed by atoms with Gasteiger partial charge in [0.05, 0.1) is 19.7 Å². The van der Waals surface area contributed by atoms with Gasteiger partial charge in [-0.15, -0.1) is 0 Å². The van der Waals surface area contributed by atoms with Gasteiger partial charge < -0.3 is 29.5 Å². The van der Waals surface area contributed by atoms with Crippen molar-refractivity contribution in [1.82, 2.24) is 15.0 Å². The van der Waals surface area contributed by atoms with Crippen LogP contribution in [-0.2, 0) is 14.3 Å². The Morgan fingerprint density at radius 1 is 1.10 bits per heavy atom. The van der Waals surface area contributed by atoms with Gasteiger partial charge in [-0.3, -0.25) is 0 Å². The highest BCUT2D eigenvalue weighted by molar-refractivity contribution is 5.73. The minimum Gasteiger partial charge on any atom is -0.475 e. The fourth-order valence-electron chi connectivity index (χ4n) is 3.54. The molecule has 0 bridgehead atoms. The number of halogens is 7. The molecule has 18 heteroatoms. The predicted octanol–water partition coefficient (Wildman–Crippen LogP) is 3.02. The summed E-state index contributed by atoms with van der Waals surface area (Å²) in [5.74, 6) is -3.94. The molecule has 0 amide bonds. The first kappa shape index (κ1) is 32.3. The molecule has 2 N–H and O–H groups in total. The molecule has 1 spiro atoms. The van der Waals surface area contributed by atoms with Crippen LogP contribution >= 0.6 is 0 Å². The highest BCUT2D eigenvalue weighted by Gasteiger charge is 2.54. The highest BCUT2D eigenvalue weighted by atomic mass is 19.4. The number of carboxylic acid groups (broad SMARTS) is 2. The van der Waals surface area contributed by atoms with Crippen molar-refractivity contribution in [3.05, 3.63) is 36.5 Å². The minimum absolute atomic E-state index is 0.0529. The Labute approximate surface area is 222 Å². The molecule has 2 aliphatic heterocycles. The average molecular weight is 587 g/mol. The third kappa shape index (κ3) is 8.78. The Balaban J connectivity index is 0.000000333. The second kappa shape index (κ2) is 12.9. The van der Waals surface area contributed by atoms with E-state index < -0.39 is 30.1 Å². The lowest BCUT2D eigenvalue weighted by atomic mass is 9.81. The molecule has 2 aromatic rings. The van der Waals surface area contributed by atoms with Crippen LogP contribution in [0.4, 0.5) is 42.4 Å². The first-order valence-corrected chi connectivity index (χ1v) is 11.2. The summed E-state index contributed by atoms with van der Waals surface area (Å²) < 4.78 is 88.8. The lowest BCUT2D eigenvalue weighted by molar-refractivity contribution is -0.193. The van der Waals surface area contributed by atoms with E-state index in [4.69, 9.17) is 29.3 Å². The molecule has 2 saturated heterocycles. The first-order chi connectivity index (χ1) is 18.5. The number of rotatable bonds is 5. The van der Waals surface area contributed by atoms with Crippen molar-refractivity contribution in [2.75, 3.05) is 50.2 Å². The summed E-state index contributed by atoms with van der Waals surface area (Å²) >= 11 is 0. The normalized spacial score (nSPS) is 17.5. The van der Waals surface area contributed by atoms with Gasteiger partial charge in [0.15, 0.2) is 5.82 Å². The van der Waals surface area contributed by atoms with E-state index in [0.717, 1.165) is 31.1 Å². The standard InChI is InChI=1S/C18H22FN5O2.2C2HF3O2/c1-23(2)15-8-16(22-12-21-15)24-10-18(11-24)13(5-7-26-18)9-25-17-14(19)4-3-6-20-17;2*3-2(4,5)1(6)7/h3-4,6,8,12-13H,5,7,9-11H2,1-2H3;2*(H,6,7). The van der Waals surface area contributed by atoms with E-state index in [2.05, 4.69) is 19.9 Å². The van der Waals surface area contributed by atoms with Crippen LogP contribution in [0, 0.1) is 11.7 Å². The number of alkyl halides is 6. The van der Waals surface area contributed by atoms with Crippen molar-refractivity contribution in [1.29, 1.82) is 0 Å². The molecule has 2 aromatic heterocycles. The molecule has 1 atom stereocenters. The maximum absolute atomic E-state index is 13.7. The summed E-state index contributed by atoms with van der Waals surface area (Å²) in [6.07, 6.45) is -6.16. The van der Waals surface area contributed by atoms with E-state index >= 15 is 0 Å². The molecule has 4 heterocycles. The molecule has 40 heavy (non-hydrogen) atoms. The molecule has 2 fully saturated rings. The molecule has 4 rings (SSSR count). The zero-order chi connectivity index (χ0) is 30.3. The molecule has 0 aliphatic carbocycles. The van der Waals surface area contributed by atoms with E-state index in [1.165, 1.54) is 12.3 Å². The van der Waals surface area contributed by atoms with Gasteiger partial charge in [-0.1, -0.05) is 0 Å². The number of carboxylic acids is 2. The van der Waals surface area contributed by atoms with Crippen molar-refractivity contribution in [2.45, 2.75) is 24.4 Å². The Morgan fingerprint density at radius 2 is 1.68 bits per heavy atom. The van der Waals surface area contributed by atoms with Gasteiger partial charge in [-0.2, -0.15) is 26.3 Å². The number of aliphatic carboxylic acids is 2. The fraction of sp³-hybridized carbons (Fsp3) is 0.500. The Kier molecular flexibility index (Phi) is 10.4. The van der Waals surface area contributed by atoms with Gasteiger partial charge in [0.25, 0.3) is 0 Å². The van der Waals surface area contributed by atoms with Gasteiger partial charge in [-0.25, -0.2) is 28.9 Å². The van der Waals surface area contributed by atoms with Crippen LogP contribution in [0.15, 0.2) is 30.7 Å². The van der Waals surface area contributed by atoms with Crippen LogP contribution in [0.5, 0.6) is 5.88 Å². The molecular weight excluding hydrogens is 563 g/mol. The number of carbonyl (C=O) groups is 2. The Morgan fingerprint density at radius 3 is 2.17 bits per heavy atom. The van der Waals surface area contributed by atoms with Gasteiger partial charge in [0, 0.05) is 38.9 Å². The van der Waals surface area contributed by atoms with E-state index in [1.54, 1.807) is 12.4 Å². The van der Waals surface area contributed by atoms with Gasteiger partial charge >= 0.3 is 24.3 Å². The third-order valence-electron chi connectivity index (χ3n) is 5.57. The average Bonchev–Trinajstić information content (AvgIpc) is 3.26. The SMILES string of the molecule is CN(C)c1cc(N2CC3(C2)OCCC3COc2ncccc2F)ncn1.O=C(O)C(F)(F)F.O=C(O)C(F)(F)F. The third-order valence-corrected chi connectivity index (χ3v) is 5.57. The molecule has 0 aromatic carbocycles. The summed E-state index contributed by atoms with van der Waals surface area (Å²) in [5, 5.41) is 14.2. The molecule has 0 saturated carbocycles. The monoisotopic (exact) mass is 587 g/mol. The molecule has 1 unspecified atom stereocenters. The van der Waals surface area contributed by atoms with Crippen molar-refractivity contribution in [3.8, 4) is 5.88 Å². The largest absolute Gasteiger partial charge is 0.490 e. The first-order valence-electron chi connectivity index (χ1n) is 11.2. The second-order valence-corrected chi connectivity index (χ2v) is 8.59. The van der Waals surface area contributed by atoms with E-state index in [0.29, 0.717) is 13.2 Å². The summed E-state index contributed by atoms with van der Waals surface area (Å²) in [6, 6.07) is 4.87. The number of hydrogen-bond donors (Lipinski definition) is 2. The summed E-state index contributed by atoms with van der Waals surface area (Å²) in [4.78, 5) is 34.5. The quantitative estimate of drug-likeness (QED) is 0.500. The number of hydrogen-bond acceptors (Lipinski definition) is 9. The summed E-state index contributed by atoms with van der Waals surface area (Å²) in [7, 11) is 3.90. The van der Waals surface area contributed by atoms with Crippen LogP contribution in [-0.4, -0.2) is 95.5 Å². The summed E-state index contributed by atoms with van der Waals surface area (Å²) in [5.41, 5.74) is -0.255. The van der Waals surface area contributed by atoms with Crippen molar-refractivity contribution in [2.24, 2.45) is 5.92 Å². The van der Waals surface area contributed by atoms with E-state index in [1.807, 2.05) is 25.1 Å². The van der Waals surface area contributed by atoms with Gasteiger partial charge in [0.1, 0.15) is 23.6 Å². The number of pyridine rings is 1. The number of anilines is 2. The van der Waals surface area contributed by atoms with E-state index in [9.17, 15) is 30.7 Å². The maximum Gasteiger partial charge on any atom is 0.490 e. The molecule has 0 radical (unpaired) electrons. The second-order valence-electron chi connectivity index (χ2n) is 8.59. The van der Waals surface area contributed by atoms with Crippen LogP contribution in [0.2, 0.25) is 0 Å². The van der Waals surface area contributed by atoms with Crippen molar-refractivity contribution in [3.63, 3.8) is 0 Å². The Bertz CT molecular complexity index is 1140. The molecular formula is C22H24F7N5O6. The fourth-order valence-corrected chi connectivity index (χ4v) is 3.54. The Hall–Kier alpha value is -3.96. The number of ether oxygens (including phenoxy) is 2. The van der Waals surface area contributed by atoms with Crippen LogP contribution < -0.4 is 14.5 Å². The maximum atomic E-state index is 13.7. The van der Waals surface area contributed by atoms with Crippen LogP contribution in [0.25, 0.3) is 0 Å². The zero-order valence-electron chi connectivity index (χ0n) is 20.9. The lowest BCUT2D eigenvalue weighted by Gasteiger charge is -2.50. The van der Waals surface area contributed by atoms with Crippen molar-refractivity contribution >= 4 is 23.6 Å². The number of aromatic nitrogens is 3. The van der Waals surface area contributed by atoms with Crippen LogP contribution in [0.1, 0.15) is 6.42 Å². The topological polar surface area (TPSA) is 138 Å². The molecule has 2 aliphatic rings. The zero-order valence-corrected chi connectivity index (χ0v) is 20.9. The lowest BCUT2D eigenvalue weighted by Crippen LogP contribution is -2.66. The smallest absolute Gasteiger partial charge is 0.475 e. The molecule has 11 nitrogen and oxygen atoms in total. The van der Waals surface area contributed by atoms with Crippen molar-refractivity contribution < 1.29 is 60.0 Å². The predicted molar refractivity (Wildman–Crippen MR) is 122 cm³/mol. The van der Waals surface area contributed by atoms with Gasteiger partial charge in [0.2, 0.25) is 5.88 Å². The number of nitrogens with zero attached hydrogens (tertiary/aromatic N) is 5. The minimum atomic E-state index is -5.08.